The Kier molecular flexibility index (Phi) is 5.59. The van der Waals surface area contributed by atoms with Crippen LogP contribution in [0, 0.1) is 0 Å². The van der Waals surface area contributed by atoms with Crippen LogP contribution in [0.25, 0.3) is 10.9 Å². The number of para-hydroxylation sites is 1. The first-order valence-corrected chi connectivity index (χ1v) is 11.7. The number of carbonyl (C=O) groups is 1. The van der Waals surface area contributed by atoms with Crippen LogP contribution in [-0.4, -0.2) is 10.9 Å². The van der Waals surface area contributed by atoms with Crippen LogP contribution in [0.4, 0.5) is 0 Å². The van der Waals surface area contributed by atoms with Crippen molar-refractivity contribution in [2.45, 2.75) is 31.2 Å². The van der Waals surface area contributed by atoms with E-state index >= 15 is 0 Å². The van der Waals surface area contributed by atoms with Gasteiger partial charge in [0.15, 0.2) is 0 Å². The van der Waals surface area contributed by atoms with E-state index in [9.17, 15) is 4.79 Å². The van der Waals surface area contributed by atoms with Crippen LogP contribution in [0.1, 0.15) is 47.1 Å². The van der Waals surface area contributed by atoms with E-state index in [0.29, 0.717) is 17.4 Å². The number of hydrogen-bond acceptors (Lipinski definition) is 1. The smallest absolute Gasteiger partial charge is 0.225 e. The quantitative estimate of drug-likeness (QED) is 0.301. The molecular weight excluding hydrogens is 472 g/mol. The van der Waals surface area contributed by atoms with Crippen molar-refractivity contribution >= 4 is 44.3 Å². The van der Waals surface area contributed by atoms with Gasteiger partial charge in [-0.05, 0) is 75.1 Å². The number of rotatable bonds is 6. The maximum atomic E-state index is 13.2. The molecule has 0 saturated heterocycles. The Morgan fingerprint density at radius 1 is 1.06 bits per heavy atom. The first kappa shape index (κ1) is 20.3. The Morgan fingerprint density at radius 2 is 1.84 bits per heavy atom. The molecule has 0 spiro atoms. The minimum Gasteiger partial charge on any atom is -0.360 e. The van der Waals surface area contributed by atoms with E-state index < -0.39 is 0 Å². The number of amides is 1. The van der Waals surface area contributed by atoms with Gasteiger partial charge in [0.25, 0.3) is 0 Å². The van der Waals surface area contributed by atoms with E-state index in [1.165, 1.54) is 24.0 Å². The van der Waals surface area contributed by atoms with Gasteiger partial charge in [-0.25, -0.2) is 0 Å². The Bertz CT molecular complexity index is 1240. The number of H-pyrrole nitrogens is 1. The molecule has 5 heteroatoms. The number of carbonyl (C=O) groups excluding carboxylic acids is 1. The van der Waals surface area contributed by atoms with Gasteiger partial charge in [-0.15, -0.1) is 0 Å². The van der Waals surface area contributed by atoms with Crippen molar-refractivity contribution in [3.05, 3.63) is 105 Å². The van der Waals surface area contributed by atoms with E-state index in [1.54, 1.807) is 0 Å². The summed E-state index contributed by atoms with van der Waals surface area (Å²) in [5, 5.41) is 5.05. The van der Waals surface area contributed by atoms with E-state index in [0.717, 1.165) is 26.5 Å². The van der Waals surface area contributed by atoms with Gasteiger partial charge in [-0.3, -0.25) is 4.79 Å². The summed E-state index contributed by atoms with van der Waals surface area (Å²) < 4.78 is 0.994. The number of fused-ring (bicyclic) bond motifs is 1. The van der Waals surface area contributed by atoms with Crippen LogP contribution in [-0.2, 0) is 11.2 Å². The molecule has 1 aromatic heterocycles. The zero-order chi connectivity index (χ0) is 21.4. The Morgan fingerprint density at radius 3 is 2.61 bits per heavy atom. The van der Waals surface area contributed by atoms with Crippen LogP contribution in [0.15, 0.2) is 77.4 Å². The van der Waals surface area contributed by atoms with Crippen molar-refractivity contribution in [3.63, 3.8) is 0 Å². The minimum absolute atomic E-state index is 0.00794. The van der Waals surface area contributed by atoms with Crippen LogP contribution in [0.3, 0.4) is 0 Å². The second-order valence-corrected chi connectivity index (χ2v) is 9.40. The van der Waals surface area contributed by atoms with E-state index in [1.807, 2.05) is 54.7 Å². The van der Waals surface area contributed by atoms with E-state index in [-0.39, 0.29) is 11.9 Å². The maximum Gasteiger partial charge on any atom is 0.225 e. The summed E-state index contributed by atoms with van der Waals surface area (Å²) in [4.78, 5) is 16.5. The molecule has 3 nitrogen and oxygen atoms in total. The molecule has 156 valence electrons. The summed E-state index contributed by atoms with van der Waals surface area (Å²) in [6.07, 6.45) is 4.65. The van der Waals surface area contributed by atoms with Gasteiger partial charge in [-0.1, -0.05) is 60.1 Å². The Labute approximate surface area is 195 Å². The highest BCUT2D eigenvalue weighted by Gasteiger charge is 2.29. The van der Waals surface area contributed by atoms with Crippen molar-refractivity contribution in [2.75, 3.05) is 0 Å². The van der Waals surface area contributed by atoms with Gasteiger partial charge in [0.2, 0.25) is 5.91 Å². The van der Waals surface area contributed by atoms with E-state index in [4.69, 9.17) is 11.6 Å². The highest BCUT2D eigenvalue weighted by atomic mass is 79.9. The number of hydrogen-bond donors (Lipinski definition) is 2. The van der Waals surface area contributed by atoms with Gasteiger partial charge >= 0.3 is 0 Å². The molecule has 1 aliphatic rings. The molecule has 3 aromatic carbocycles. The molecule has 1 atom stereocenters. The second-order valence-electron chi connectivity index (χ2n) is 8.11. The number of aromatic amines is 1. The summed E-state index contributed by atoms with van der Waals surface area (Å²) in [5.74, 6) is 0.584. The molecule has 1 fully saturated rings. The fraction of sp³-hybridized carbons (Fsp3) is 0.192. The summed E-state index contributed by atoms with van der Waals surface area (Å²) in [6.45, 7) is 0. The molecule has 0 aliphatic heterocycles. The highest BCUT2D eigenvalue weighted by molar-refractivity contribution is 9.10. The lowest BCUT2D eigenvalue weighted by atomic mass is 9.92. The standard InChI is InChI=1S/C26H22BrClN2O/c27-23-7-3-6-21-18(15-29-26(21)23)14-24(31)30-25(17-10-12-19(28)13-11-17)22-5-2-1-4-20(22)16-8-9-16/h1-7,10-13,15-16,25,29H,8-9,14H2,(H,30,31). The number of aromatic nitrogens is 1. The Balaban J connectivity index is 1.46. The first-order chi connectivity index (χ1) is 15.1. The van der Waals surface area contributed by atoms with Crippen molar-refractivity contribution < 1.29 is 4.79 Å². The minimum atomic E-state index is -0.210. The molecule has 1 aliphatic carbocycles. The number of benzene rings is 3. The molecule has 4 aromatic rings. The van der Waals surface area contributed by atoms with Gasteiger partial charge in [0, 0.05) is 21.1 Å². The molecule has 1 unspecified atom stereocenters. The van der Waals surface area contributed by atoms with Gasteiger partial charge in [0.05, 0.1) is 18.0 Å². The lowest BCUT2D eigenvalue weighted by Gasteiger charge is -2.23. The molecule has 1 amide bonds. The molecule has 0 radical (unpaired) electrons. The number of nitrogens with one attached hydrogen (secondary N) is 2. The average molecular weight is 494 g/mol. The number of halogens is 2. The molecule has 2 N–H and O–H groups in total. The molecule has 5 rings (SSSR count). The zero-order valence-electron chi connectivity index (χ0n) is 16.9. The third-order valence-corrected chi connectivity index (χ3v) is 6.85. The maximum absolute atomic E-state index is 13.2. The molecule has 1 heterocycles. The average Bonchev–Trinajstić information content (AvgIpc) is 3.55. The monoisotopic (exact) mass is 492 g/mol. The summed E-state index contributed by atoms with van der Waals surface area (Å²) in [5.41, 5.74) is 5.53. The van der Waals surface area contributed by atoms with Gasteiger partial charge in [-0.2, -0.15) is 0 Å². The summed E-state index contributed by atoms with van der Waals surface area (Å²) >= 11 is 9.70. The molecule has 31 heavy (non-hydrogen) atoms. The molecule has 1 saturated carbocycles. The van der Waals surface area contributed by atoms with Crippen LogP contribution >= 0.6 is 27.5 Å². The second kappa shape index (κ2) is 8.52. The third kappa shape index (κ3) is 4.28. The molecular formula is C26H22BrClN2O. The zero-order valence-corrected chi connectivity index (χ0v) is 19.2. The van der Waals surface area contributed by atoms with Crippen molar-refractivity contribution in [2.24, 2.45) is 0 Å². The SMILES string of the molecule is O=C(Cc1c[nH]c2c(Br)cccc12)NC(c1ccc(Cl)cc1)c1ccccc1C1CC1. The lowest BCUT2D eigenvalue weighted by Crippen LogP contribution is -2.31. The predicted octanol–water partition coefficient (Wildman–Crippen LogP) is 6.91. The first-order valence-electron chi connectivity index (χ1n) is 10.5. The van der Waals surface area contributed by atoms with E-state index in [2.05, 4.69) is 44.4 Å². The highest BCUT2D eigenvalue weighted by Crippen LogP contribution is 2.44. The van der Waals surface area contributed by atoms with Crippen molar-refractivity contribution in [3.8, 4) is 0 Å². The fourth-order valence-corrected chi connectivity index (χ4v) is 4.85. The lowest BCUT2D eigenvalue weighted by molar-refractivity contribution is -0.120. The van der Waals surface area contributed by atoms with Gasteiger partial charge < -0.3 is 10.3 Å². The van der Waals surface area contributed by atoms with Crippen LogP contribution in [0.2, 0.25) is 5.02 Å². The normalized spacial score (nSPS) is 14.5. The topological polar surface area (TPSA) is 44.9 Å². The third-order valence-electron chi connectivity index (χ3n) is 5.93. The predicted molar refractivity (Wildman–Crippen MR) is 130 cm³/mol. The van der Waals surface area contributed by atoms with Crippen molar-refractivity contribution in [1.82, 2.24) is 10.3 Å². The summed E-state index contributed by atoms with van der Waals surface area (Å²) in [7, 11) is 0. The fourth-order valence-electron chi connectivity index (χ4n) is 4.24. The van der Waals surface area contributed by atoms with Crippen LogP contribution < -0.4 is 5.32 Å². The summed E-state index contributed by atoms with van der Waals surface area (Å²) in [6, 6.07) is 22.0. The van der Waals surface area contributed by atoms with Crippen LogP contribution in [0.5, 0.6) is 0 Å². The largest absolute Gasteiger partial charge is 0.360 e. The van der Waals surface area contributed by atoms with Gasteiger partial charge in [0.1, 0.15) is 0 Å². The Hall–Kier alpha value is -2.56. The van der Waals surface area contributed by atoms with Crippen molar-refractivity contribution in [1.29, 1.82) is 0 Å². The molecule has 0 bridgehead atoms.